The van der Waals surface area contributed by atoms with Gasteiger partial charge in [0.2, 0.25) is 0 Å². The monoisotopic (exact) mass is 262 g/mol. The molecule has 0 radical (unpaired) electrons. The molecule has 0 spiro atoms. The van der Waals surface area contributed by atoms with E-state index in [4.69, 9.17) is 28.3 Å². The Morgan fingerprint density at radius 1 is 1.00 bits per heavy atom. The highest BCUT2D eigenvalue weighted by Gasteiger charge is 2.20. The molecule has 5 nitrogen and oxygen atoms in total. The molecule has 0 atom stereocenters. The van der Waals surface area contributed by atoms with Gasteiger partial charge in [0.1, 0.15) is 5.75 Å². The minimum Gasteiger partial charge on any atom is -0.506 e. The average Bonchev–Trinajstić information content (AvgIpc) is 2.16. The highest BCUT2D eigenvalue weighted by Crippen LogP contribution is 2.27. The molecule has 0 amide bonds. The Morgan fingerprint density at radius 2 is 1.38 bits per heavy atom. The Morgan fingerprint density at radius 3 is 1.62 bits per heavy atom. The lowest BCUT2D eigenvalue weighted by atomic mass is 10.1. The van der Waals surface area contributed by atoms with Gasteiger partial charge in [-0.15, -0.1) is 0 Å². The number of phenols is 1. The minimum absolute atomic E-state index is 0.370. The zero-order chi connectivity index (χ0) is 12.5. The zero-order valence-electron chi connectivity index (χ0n) is 7.53. The van der Waals surface area contributed by atoms with Gasteiger partial charge in [0.15, 0.2) is 0 Å². The fourth-order valence-corrected chi connectivity index (χ4v) is 1.35. The lowest BCUT2D eigenvalue weighted by Gasteiger charge is -2.05. The van der Waals surface area contributed by atoms with Gasteiger partial charge in [0.05, 0.1) is 16.7 Å². The molecule has 84 valence electrons. The number of carbonyl (C=O) groups excluding carboxylic acids is 2. The normalized spacial score (nSPS) is 9.88. The van der Waals surface area contributed by atoms with Crippen LogP contribution in [0.1, 0.15) is 31.1 Å². The van der Waals surface area contributed by atoms with Crippen molar-refractivity contribution in [2.24, 2.45) is 0 Å². The van der Waals surface area contributed by atoms with Crippen molar-refractivity contribution in [3.05, 3.63) is 28.8 Å². The Kier molecular flexibility index (Phi) is 3.51. The molecular formula is C9H4Cl2O5. The minimum atomic E-state index is -1.38. The summed E-state index contributed by atoms with van der Waals surface area (Å²) in [6.07, 6.45) is 0. The summed E-state index contributed by atoms with van der Waals surface area (Å²) in [6.45, 7) is 0. The van der Waals surface area contributed by atoms with Gasteiger partial charge in [-0.3, -0.25) is 9.59 Å². The van der Waals surface area contributed by atoms with Crippen molar-refractivity contribution in [2.45, 2.75) is 0 Å². The molecule has 1 aromatic rings. The zero-order valence-corrected chi connectivity index (χ0v) is 9.04. The summed E-state index contributed by atoms with van der Waals surface area (Å²) in [5, 5.41) is 16.0. The summed E-state index contributed by atoms with van der Waals surface area (Å²) in [5.74, 6) is -2.11. The lowest BCUT2D eigenvalue weighted by Crippen LogP contribution is -2.04. The van der Waals surface area contributed by atoms with E-state index in [1.807, 2.05) is 0 Å². The second-order valence-corrected chi connectivity index (χ2v) is 3.46. The van der Waals surface area contributed by atoms with E-state index in [9.17, 15) is 19.5 Å². The van der Waals surface area contributed by atoms with Gasteiger partial charge in [0.25, 0.3) is 10.5 Å². The molecule has 0 saturated carbocycles. The molecule has 0 unspecified atom stereocenters. The first-order valence-electron chi connectivity index (χ1n) is 3.84. The van der Waals surface area contributed by atoms with Crippen LogP contribution in [0.25, 0.3) is 0 Å². The largest absolute Gasteiger partial charge is 0.506 e. The van der Waals surface area contributed by atoms with Crippen LogP contribution in [0.4, 0.5) is 0 Å². The number of aromatic carboxylic acids is 1. The summed E-state index contributed by atoms with van der Waals surface area (Å²) in [6, 6.07) is 1.71. The quantitative estimate of drug-likeness (QED) is 0.812. The van der Waals surface area contributed by atoms with Crippen molar-refractivity contribution in [3.63, 3.8) is 0 Å². The first-order chi connectivity index (χ1) is 7.34. The molecule has 0 aromatic heterocycles. The molecule has 0 aliphatic heterocycles. The predicted molar refractivity (Wildman–Crippen MR) is 55.4 cm³/mol. The van der Waals surface area contributed by atoms with E-state index in [2.05, 4.69) is 0 Å². The van der Waals surface area contributed by atoms with E-state index >= 15 is 0 Å². The van der Waals surface area contributed by atoms with E-state index in [1.165, 1.54) is 0 Å². The van der Waals surface area contributed by atoms with Gasteiger partial charge in [-0.1, -0.05) is 0 Å². The van der Waals surface area contributed by atoms with Crippen molar-refractivity contribution >= 4 is 39.7 Å². The van der Waals surface area contributed by atoms with Gasteiger partial charge in [-0.25, -0.2) is 4.79 Å². The van der Waals surface area contributed by atoms with E-state index < -0.39 is 33.3 Å². The number of rotatable bonds is 3. The van der Waals surface area contributed by atoms with Crippen LogP contribution in [-0.4, -0.2) is 26.7 Å². The van der Waals surface area contributed by atoms with Crippen LogP contribution in [0.5, 0.6) is 5.75 Å². The second kappa shape index (κ2) is 4.51. The van der Waals surface area contributed by atoms with Crippen LogP contribution in [0.3, 0.4) is 0 Å². The molecule has 0 aliphatic rings. The second-order valence-electron chi connectivity index (χ2n) is 2.77. The number of benzene rings is 1. The van der Waals surface area contributed by atoms with Gasteiger partial charge >= 0.3 is 5.97 Å². The molecular weight excluding hydrogens is 259 g/mol. The number of halogens is 2. The average molecular weight is 263 g/mol. The maximum atomic E-state index is 10.9. The molecule has 0 heterocycles. The number of carboxylic acids is 1. The molecule has 1 aromatic carbocycles. The van der Waals surface area contributed by atoms with Crippen LogP contribution in [0.15, 0.2) is 12.1 Å². The number of hydrogen-bond acceptors (Lipinski definition) is 4. The Bertz CT molecular complexity index is 460. The van der Waals surface area contributed by atoms with Crippen LogP contribution in [-0.2, 0) is 0 Å². The fourth-order valence-electron chi connectivity index (χ4n) is 1.06. The third kappa shape index (κ3) is 2.32. The number of phenolic OH excluding ortho intramolecular Hbond substituents is 1. The van der Waals surface area contributed by atoms with Crippen molar-refractivity contribution in [1.29, 1.82) is 0 Å². The first kappa shape index (κ1) is 12.5. The third-order valence-corrected chi connectivity index (χ3v) is 2.19. The first-order valence-corrected chi connectivity index (χ1v) is 4.60. The summed E-state index contributed by atoms with van der Waals surface area (Å²) in [4.78, 5) is 32.4. The topological polar surface area (TPSA) is 91.7 Å². The fraction of sp³-hybridized carbons (Fsp3) is 0. The highest BCUT2D eigenvalue weighted by atomic mass is 35.5. The Hall–Kier alpha value is -1.59. The van der Waals surface area contributed by atoms with Gasteiger partial charge < -0.3 is 10.2 Å². The van der Waals surface area contributed by atoms with Gasteiger partial charge in [0, 0.05) is 0 Å². The van der Waals surface area contributed by atoms with Crippen molar-refractivity contribution in [2.75, 3.05) is 0 Å². The van der Waals surface area contributed by atoms with Crippen LogP contribution >= 0.6 is 23.2 Å². The number of aromatic hydroxyl groups is 1. The third-order valence-electron chi connectivity index (χ3n) is 1.78. The van der Waals surface area contributed by atoms with Crippen molar-refractivity contribution in [3.8, 4) is 5.75 Å². The molecule has 0 bridgehead atoms. The molecule has 16 heavy (non-hydrogen) atoms. The number of carboxylic acid groups (broad SMARTS) is 1. The van der Waals surface area contributed by atoms with E-state index in [0.29, 0.717) is 0 Å². The summed E-state index contributed by atoms with van der Waals surface area (Å²) < 4.78 is 0. The van der Waals surface area contributed by atoms with Crippen molar-refractivity contribution in [1.82, 2.24) is 0 Å². The van der Waals surface area contributed by atoms with Gasteiger partial charge in [-0.05, 0) is 35.3 Å². The van der Waals surface area contributed by atoms with E-state index in [0.717, 1.165) is 12.1 Å². The van der Waals surface area contributed by atoms with Crippen molar-refractivity contribution < 1.29 is 24.6 Å². The van der Waals surface area contributed by atoms with Crippen LogP contribution < -0.4 is 0 Å². The Balaban J connectivity index is 3.57. The summed E-state index contributed by atoms with van der Waals surface area (Å²) >= 11 is 10.2. The molecule has 1 rings (SSSR count). The lowest BCUT2D eigenvalue weighted by molar-refractivity contribution is 0.0697. The maximum absolute atomic E-state index is 10.9. The molecule has 0 fully saturated rings. The van der Waals surface area contributed by atoms with Crippen LogP contribution in [0, 0.1) is 0 Å². The number of carbonyl (C=O) groups is 3. The van der Waals surface area contributed by atoms with E-state index in [1.54, 1.807) is 0 Å². The summed E-state index contributed by atoms with van der Waals surface area (Å²) in [5.41, 5.74) is -1.33. The molecule has 0 saturated heterocycles. The van der Waals surface area contributed by atoms with E-state index in [-0.39, 0.29) is 5.56 Å². The molecule has 2 N–H and O–H groups in total. The SMILES string of the molecule is O=C(O)c1cc(C(=O)Cl)c(O)c(C(=O)Cl)c1. The Labute approximate surface area is 99.2 Å². The summed E-state index contributed by atoms with van der Waals surface area (Å²) in [7, 11) is 0. The predicted octanol–water partition coefficient (Wildman–Crippen LogP) is 1.85. The molecule has 0 aliphatic carbocycles. The molecule has 7 heteroatoms. The smallest absolute Gasteiger partial charge is 0.335 e. The maximum Gasteiger partial charge on any atom is 0.335 e. The highest BCUT2D eigenvalue weighted by molar-refractivity contribution is 6.69. The standard InChI is InChI=1S/C9H4Cl2O5/c10-7(13)4-1-3(9(15)16)2-5(6(4)12)8(11)14/h1-2,12H,(H,15,16). The van der Waals surface area contributed by atoms with Crippen LogP contribution in [0.2, 0.25) is 0 Å². The van der Waals surface area contributed by atoms with Gasteiger partial charge in [-0.2, -0.15) is 0 Å². The number of hydrogen-bond donors (Lipinski definition) is 2.